The summed E-state index contributed by atoms with van der Waals surface area (Å²) < 4.78 is 0. The third-order valence-corrected chi connectivity index (χ3v) is 5.77. The van der Waals surface area contributed by atoms with Crippen LogP contribution >= 0.6 is 0 Å². The zero-order valence-electron chi connectivity index (χ0n) is 18.0. The van der Waals surface area contributed by atoms with Gasteiger partial charge in [0.15, 0.2) is 0 Å². The Morgan fingerprint density at radius 2 is 1.52 bits per heavy atom. The van der Waals surface area contributed by atoms with Crippen molar-refractivity contribution < 1.29 is 0 Å². The van der Waals surface area contributed by atoms with Crippen LogP contribution in [0.15, 0.2) is 24.4 Å². The maximum Gasteiger partial charge on any atom is 0.00390 e. The van der Waals surface area contributed by atoms with Gasteiger partial charge in [0.05, 0.1) is 0 Å². The highest BCUT2D eigenvalue weighted by atomic mass is 14.6. The van der Waals surface area contributed by atoms with Crippen LogP contribution in [0.3, 0.4) is 0 Å². The molecular weight excluding hydrogens is 302 g/mol. The number of nitrogens with two attached hydrogens (primary N) is 1. The minimum absolute atomic E-state index is 0.524. The molecule has 0 aliphatic rings. The molecule has 0 saturated carbocycles. The van der Waals surface area contributed by atoms with Gasteiger partial charge in [-0.2, -0.15) is 0 Å². The Bertz CT molecular complexity index is 342. The first-order valence-corrected chi connectivity index (χ1v) is 11.0. The van der Waals surface area contributed by atoms with Gasteiger partial charge in [-0.3, -0.25) is 0 Å². The molecule has 0 bridgehead atoms. The predicted molar refractivity (Wildman–Crippen MR) is 116 cm³/mol. The first kappa shape index (κ1) is 24.3. The van der Waals surface area contributed by atoms with Crippen molar-refractivity contribution in [2.24, 2.45) is 29.4 Å². The first-order chi connectivity index (χ1) is 11.9. The fourth-order valence-corrected chi connectivity index (χ4v) is 4.14. The van der Waals surface area contributed by atoms with E-state index in [-0.39, 0.29) is 0 Å². The fourth-order valence-electron chi connectivity index (χ4n) is 4.14. The molecular formula is C24H47N. The van der Waals surface area contributed by atoms with Gasteiger partial charge in [0, 0.05) is 5.70 Å². The molecule has 3 atom stereocenters. The summed E-state index contributed by atoms with van der Waals surface area (Å²) in [6, 6.07) is 0. The second-order valence-electron chi connectivity index (χ2n) is 8.39. The lowest BCUT2D eigenvalue weighted by molar-refractivity contribution is 0.234. The summed E-state index contributed by atoms with van der Waals surface area (Å²) >= 11 is 0. The van der Waals surface area contributed by atoms with E-state index in [0.717, 1.165) is 29.9 Å². The lowest BCUT2D eigenvalue weighted by Crippen LogP contribution is -2.17. The molecule has 0 saturated heterocycles. The molecule has 0 heterocycles. The Morgan fingerprint density at radius 3 is 2.08 bits per heavy atom. The van der Waals surface area contributed by atoms with Crippen molar-refractivity contribution in [1.29, 1.82) is 0 Å². The van der Waals surface area contributed by atoms with Crippen LogP contribution in [0.25, 0.3) is 0 Å². The summed E-state index contributed by atoms with van der Waals surface area (Å²) in [6.45, 7) is 15.8. The summed E-state index contributed by atoms with van der Waals surface area (Å²) in [5, 5.41) is 0. The Kier molecular flexibility index (Phi) is 15.1. The molecule has 0 aromatic carbocycles. The van der Waals surface area contributed by atoms with Gasteiger partial charge in [-0.25, -0.2) is 0 Å². The fraction of sp³-hybridized carbons (Fsp3) is 0.833. The zero-order chi connectivity index (χ0) is 19.1. The molecule has 0 rings (SSSR count). The number of unbranched alkanes of at least 4 members (excludes halogenated alkanes) is 3. The average molecular weight is 350 g/mol. The van der Waals surface area contributed by atoms with E-state index in [2.05, 4.69) is 53.3 Å². The molecule has 0 radical (unpaired) electrons. The highest BCUT2D eigenvalue weighted by Gasteiger charge is 2.19. The van der Waals surface area contributed by atoms with Gasteiger partial charge in [0.2, 0.25) is 0 Å². The van der Waals surface area contributed by atoms with Crippen molar-refractivity contribution in [3.8, 4) is 0 Å². The standard InChI is InChI=1S/C24H47N/c1-7-9-10-11-14-18-23(22(6)25)19-15-12-13-17-21(5)24(16-8-2)20(3)4/h9-10,20-21,23-24H,6-8,11-19,25H2,1-5H3/b10-9-. The van der Waals surface area contributed by atoms with E-state index in [0.29, 0.717) is 5.92 Å². The Balaban J connectivity index is 3.97. The largest absolute Gasteiger partial charge is 0.402 e. The molecule has 0 aromatic rings. The van der Waals surface area contributed by atoms with E-state index >= 15 is 0 Å². The highest BCUT2D eigenvalue weighted by molar-refractivity contribution is 4.94. The van der Waals surface area contributed by atoms with Crippen molar-refractivity contribution in [2.45, 2.75) is 105 Å². The van der Waals surface area contributed by atoms with E-state index in [9.17, 15) is 0 Å². The zero-order valence-corrected chi connectivity index (χ0v) is 18.0. The van der Waals surface area contributed by atoms with E-state index in [4.69, 9.17) is 5.73 Å². The number of hydrogen-bond acceptors (Lipinski definition) is 1. The molecule has 25 heavy (non-hydrogen) atoms. The third kappa shape index (κ3) is 12.3. The van der Waals surface area contributed by atoms with Gasteiger partial charge in [-0.05, 0) is 55.8 Å². The van der Waals surface area contributed by atoms with Crippen LogP contribution < -0.4 is 5.73 Å². The van der Waals surface area contributed by atoms with Crippen molar-refractivity contribution in [2.75, 3.05) is 0 Å². The van der Waals surface area contributed by atoms with Crippen molar-refractivity contribution in [3.63, 3.8) is 0 Å². The summed E-state index contributed by atoms with van der Waals surface area (Å²) in [4.78, 5) is 0. The summed E-state index contributed by atoms with van der Waals surface area (Å²) in [7, 11) is 0. The lowest BCUT2D eigenvalue weighted by atomic mass is 9.79. The summed E-state index contributed by atoms with van der Waals surface area (Å²) in [6.07, 6.45) is 18.7. The monoisotopic (exact) mass is 349 g/mol. The molecule has 0 aliphatic heterocycles. The summed E-state index contributed by atoms with van der Waals surface area (Å²) in [5.74, 6) is 3.11. The minimum atomic E-state index is 0.524. The minimum Gasteiger partial charge on any atom is -0.402 e. The van der Waals surface area contributed by atoms with Crippen LogP contribution in [0.5, 0.6) is 0 Å². The maximum absolute atomic E-state index is 6.03. The van der Waals surface area contributed by atoms with Crippen molar-refractivity contribution >= 4 is 0 Å². The van der Waals surface area contributed by atoms with Crippen LogP contribution in [0, 0.1) is 23.7 Å². The Morgan fingerprint density at radius 1 is 0.880 bits per heavy atom. The lowest BCUT2D eigenvalue weighted by Gasteiger charge is -2.27. The van der Waals surface area contributed by atoms with Crippen LogP contribution in [0.1, 0.15) is 105 Å². The highest BCUT2D eigenvalue weighted by Crippen LogP contribution is 2.30. The second kappa shape index (κ2) is 15.5. The van der Waals surface area contributed by atoms with Crippen molar-refractivity contribution in [3.05, 3.63) is 24.4 Å². The topological polar surface area (TPSA) is 26.0 Å². The van der Waals surface area contributed by atoms with E-state index in [1.165, 1.54) is 64.2 Å². The molecule has 1 heteroatoms. The van der Waals surface area contributed by atoms with Gasteiger partial charge < -0.3 is 5.73 Å². The Labute approximate surface area is 159 Å². The van der Waals surface area contributed by atoms with Gasteiger partial charge in [-0.1, -0.05) is 91.9 Å². The summed E-state index contributed by atoms with van der Waals surface area (Å²) in [5.41, 5.74) is 6.93. The second-order valence-corrected chi connectivity index (χ2v) is 8.39. The number of rotatable bonds is 16. The molecule has 0 amide bonds. The average Bonchev–Trinajstić information content (AvgIpc) is 2.56. The third-order valence-electron chi connectivity index (χ3n) is 5.77. The molecule has 0 aromatic heterocycles. The quantitative estimate of drug-likeness (QED) is 0.222. The molecule has 148 valence electrons. The predicted octanol–water partition coefficient (Wildman–Crippen LogP) is 7.87. The molecule has 0 fully saturated rings. The van der Waals surface area contributed by atoms with Gasteiger partial charge in [0.1, 0.15) is 0 Å². The normalized spacial score (nSPS) is 15.6. The van der Waals surface area contributed by atoms with Crippen molar-refractivity contribution in [1.82, 2.24) is 0 Å². The smallest absolute Gasteiger partial charge is 0.00390 e. The maximum atomic E-state index is 6.03. The van der Waals surface area contributed by atoms with Gasteiger partial charge >= 0.3 is 0 Å². The number of allylic oxidation sites excluding steroid dienone is 3. The first-order valence-electron chi connectivity index (χ1n) is 11.0. The molecule has 1 nitrogen and oxygen atoms in total. The SMILES string of the molecule is C=C(N)C(CCC/C=C\CC)CCCCCC(C)C(CCC)C(C)C. The molecule has 3 unspecified atom stereocenters. The van der Waals surface area contributed by atoms with Gasteiger partial charge in [0.25, 0.3) is 0 Å². The molecule has 0 aliphatic carbocycles. The van der Waals surface area contributed by atoms with E-state index in [1.54, 1.807) is 0 Å². The van der Waals surface area contributed by atoms with Crippen LogP contribution in [0.4, 0.5) is 0 Å². The van der Waals surface area contributed by atoms with E-state index in [1.807, 2.05) is 0 Å². The molecule has 2 N–H and O–H groups in total. The van der Waals surface area contributed by atoms with Crippen LogP contribution in [0.2, 0.25) is 0 Å². The van der Waals surface area contributed by atoms with Crippen LogP contribution in [-0.2, 0) is 0 Å². The van der Waals surface area contributed by atoms with Gasteiger partial charge in [-0.15, -0.1) is 0 Å². The number of hydrogen-bond donors (Lipinski definition) is 1. The van der Waals surface area contributed by atoms with Crippen LogP contribution in [-0.4, -0.2) is 0 Å². The molecule has 0 spiro atoms. The van der Waals surface area contributed by atoms with E-state index < -0.39 is 0 Å². The Hall–Kier alpha value is -0.720.